The van der Waals surface area contributed by atoms with Gasteiger partial charge in [-0.15, -0.1) is 0 Å². The molecule has 1 aliphatic heterocycles. The third kappa shape index (κ3) is 1.83. The summed E-state index contributed by atoms with van der Waals surface area (Å²) in [5.74, 6) is 0.205. The van der Waals surface area contributed by atoms with E-state index in [9.17, 15) is 4.79 Å². The Kier molecular flexibility index (Phi) is 2.57. The van der Waals surface area contributed by atoms with Crippen LogP contribution in [0.2, 0.25) is 0 Å². The Balaban J connectivity index is 1.80. The predicted molar refractivity (Wildman–Crippen MR) is 83.2 cm³/mol. The zero-order valence-corrected chi connectivity index (χ0v) is 11.8. The minimum Gasteiger partial charge on any atom is -0.312 e. The number of amides is 1. The third-order valence-electron chi connectivity index (χ3n) is 4.15. The molecule has 0 aliphatic carbocycles. The maximum absolute atomic E-state index is 11.5. The van der Waals surface area contributed by atoms with Crippen LogP contribution in [0.3, 0.4) is 0 Å². The standard InChI is InChI=1S/C17H15N3O/c1-11-2-7-15-14(10-18-19-15)17(11)12-3-5-13(6-4-12)20-9-8-16(20)21/h2-7,10H,8-9H2,1H3,(H,18,19). The highest BCUT2D eigenvalue weighted by molar-refractivity contribution is 6.00. The largest absolute Gasteiger partial charge is 0.312 e. The number of nitrogens with one attached hydrogen (secondary N) is 1. The van der Waals surface area contributed by atoms with Crippen molar-refractivity contribution in [2.45, 2.75) is 13.3 Å². The Morgan fingerprint density at radius 3 is 2.62 bits per heavy atom. The molecule has 4 rings (SSSR count). The van der Waals surface area contributed by atoms with Gasteiger partial charge in [-0.05, 0) is 41.8 Å². The first kappa shape index (κ1) is 12.1. The molecule has 1 aliphatic rings. The first-order valence-electron chi connectivity index (χ1n) is 7.07. The minimum atomic E-state index is 0.205. The Morgan fingerprint density at radius 2 is 1.95 bits per heavy atom. The average molecular weight is 277 g/mol. The summed E-state index contributed by atoms with van der Waals surface area (Å²) in [4.78, 5) is 13.3. The predicted octanol–water partition coefficient (Wildman–Crippen LogP) is 3.28. The van der Waals surface area contributed by atoms with Crippen LogP contribution in [0.4, 0.5) is 5.69 Å². The summed E-state index contributed by atoms with van der Waals surface area (Å²) in [6, 6.07) is 12.3. The molecule has 0 unspecified atom stereocenters. The zero-order chi connectivity index (χ0) is 14.4. The summed E-state index contributed by atoms with van der Waals surface area (Å²) in [5, 5.41) is 8.26. The molecule has 0 bridgehead atoms. The lowest BCUT2D eigenvalue weighted by atomic mass is 9.96. The number of hydrogen-bond acceptors (Lipinski definition) is 2. The van der Waals surface area contributed by atoms with Crippen LogP contribution in [0.5, 0.6) is 0 Å². The van der Waals surface area contributed by atoms with Crippen molar-refractivity contribution in [3.63, 3.8) is 0 Å². The molecule has 4 heteroatoms. The van der Waals surface area contributed by atoms with Crippen LogP contribution in [0.25, 0.3) is 22.0 Å². The Morgan fingerprint density at radius 1 is 1.14 bits per heavy atom. The number of rotatable bonds is 2. The summed E-state index contributed by atoms with van der Waals surface area (Å²) in [5.41, 5.74) is 5.58. The smallest absolute Gasteiger partial charge is 0.228 e. The molecular weight excluding hydrogens is 262 g/mol. The Bertz CT molecular complexity index is 833. The SMILES string of the molecule is Cc1ccc2[nH]ncc2c1-c1ccc(N2CCC2=O)cc1. The number of aryl methyl sites for hydroxylation is 1. The van der Waals surface area contributed by atoms with E-state index >= 15 is 0 Å². The number of anilines is 1. The van der Waals surface area contributed by atoms with Crippen LogP contribution in [0, 0.1) is 6.92 Å². The van der Waals surface area contributed by atoms with E-state index in [1.807, 2.05) is 29.3 Å². The van der Waals surface area contributed by atoms with Crippen LogP contribution in [0.15, 0.2) is 42.6 Å². The van der Waals surface area contributed by atoms with Crippen LogP contribution < -0.4 is 4.90 Å². The fourth-order valence-electron chi connectivity index (χ4n) is 2.91. The fraction of sp³-hybridized carbons (Fsp3) is 0.176. The molecule has 0 saturated carbocycles. The highest BCUT2D eigenvalue weighted by Gasteiger charge is 2.24. The molecule has 0 radical (unpaired) electrons. The van der Waals surface area contributed by atoms with Crippen LogP contribution in [0.1, 0.15) is 12.0 Å². The van der Waals surface area contributed by atoms with E-state index in [0.717, 1.165) is 28.7 Å². The molecule has 3 aromatic rings. The lowest BCUT2D eigenvalue weighted by Crippen LogP contribution is -2.43. The topological polar surface area (TPSA) is 49.0 Å². The van der Waals surface area contributed by atoms with Crippen molar-refractivity contribution >= 4 is 22.5 Å². The minimum absolute atomic E-state index is 0.205. The second kappa shape index (κ2) is 4.45. The van der Waals surface area contributed by atoms with Crippen LogP contribution in [-0.4, -0.2) is 22.6 Å². The van der Waals surface area contributed by atoms with E-state index < -0.39 is 0 Å². The van der Waals surface area contributed by atoms with Gasteiger partial charge in [0.15, 0.2) is 0 Å². The third-order valence-corrected chi connectivity index (χ3v) is 4.15. The molecule has 1 aromatic heterocycles. The number of β-lactam (4-membered cyclic amide) rings is 1. The highest BCUT2D eigenvalue weighted by Crippen LogP contribution is 2.32. The second-order valence-electron chi connectivity index (χ2n) is 5.43. The normalized spacial score (nSPS) is 14.5. The monoisotopic (exact) mass is 277 g/mol. The molecule has 0 atom stereocenters. The van der Waals surface area contributed by atoms with Gasteiger partial charge in [0.1, 0.15) is 0 Å². The van der Waals surface area contributed by atoms with Crippen LogP contribution in [-0.2, 0) is 4.79 Å². The molecular formula is C17H15N3O. The summed E-state index contributed by atoms with van der Waals surface area (Å²) in [6.45, 7) is 2.93. The molecule has 4 nitrogen and oxygen atoms in total. The molecule has 1 N–H and O–H groups in total. The van der Waals surface area contributed by atoms with Crippen molar-refractivity contribution in [1.82, 2.24) is 10.2 Å². The Hall–Kier alpha value is -2.62. The fourth-order valence-corrected chi connectivity index (χ4v) is 2.91. The molecule has 104 valence electrons. The van der Waals surface area contributed by atoms with Gasteiger partial charge in [-0.3, -0.25) is 9.89 Å². The molecule has 2 aromatic carbocycles. The summed E-state index contributed by atoms with van der Waals surface area (Å²) in [7, 11) is 0. The number of aromatic nitrogens is 2. The Labute approximate surface area is 122 Å². The lowest BCUT2D eigenvalue weighted by Gasteiger charge is -2.30. The van der Waals surface area contributed by atoms with E-state index in [4.69, 9.17) is 0 Å². The van der Waals surface area contributed by atoms with E-state index in [1.165, 1.54) is 11.1 Å². The van der Waals surface area contributed by atoms with Crippen molar-refractivity contribution in [2.24, 2.45) is 0 Å². The first-order chi connectivity index (χ1) is 10.2. The molecule has 1 fully saturated rings. The van der Waals surface area contributed by atoms with Crippen molar-refractivity contribution in [2.75, 3.05) is 11.4 Å². The lowest BCUT2D eigenvalue weighted by molar-refractivity contribution is -0.122. The summed E-state index contributed by atoms with van der Waals surface area (Å²) < 4.78 is 0. The van der Waals surface area contributed by atoms with E-state index in [-0.39, 0.29) is 5.91 Å². The van der Waals surface area contributed by atoms with Gasteiger partial charge in [-0.1, -0.05) is 18.2 Å². The number of carbonyl (C=O) groups excluding carboxylic acids is 1. The maximum atomic E-state index is 11.5. The molecule has 1 saturated heterocycles. The molecule has 1 amide bonds. The highest BCUT2D eigenvalue weighted by atomic mass is 16.2. The average Bonchev–Trinajstić information content (AvgIpc) is 2.95. The number of nitrogens with zero attached hydrogens (tertiary/aromatic N) is 2. The number of H-pyrrole nitrogens is 1. The van der Waals surface area contributed by atoms with Crippen LogP contribution >= 0.6 is 0 Å². The van der Waals surface area contributed by atoms with Gasteiger partial charge in [-0.2, -0.15) is 5.10 Å². The molecule has 2 heterocycles. The van der Waals surface area contributed by atoms with Gasteiger partial charge in [0, 0.05) is 24.0 Å². The van der Waals surface area contributed by atoms with Crippen molar-refractivity contribution in [3.05, 3.63) is 48.2 Å². The summed E-state index contributed by atoms with van der Waals surface area (Å²) >= 11 is 0. The molecule has 0 spiro atoms. The van der Waals surface area contributed by atoms with Gasteiger partial charge >= 0.3 is 0 Å². The van der Waals surface area contributed by atoms with E-state index in [2.05, 4.69) is 35.3 Å². The number of fused-ring (bicyclic) bond motifs is 1. The number of carbonyl (C=O) groups is 1. The number of hydrogen-bond donors (Lipinski definition) is 1. The van der Waals surface area contributed by atoms with Crippen molar-refractivity contribution in [3.8, 4) is 11.1 Å². The zero-order valence-electron chi connectivity index (χ0n) is 11.8. The van der Waals surface area contributed by atoms with Gasteiger partial charge in [0.05, 0.1) is 11.7 Å². The van der Waals surface area contributed by atoms with Crippen molar-refractivity contribution < 1.29 is 4.79 Å². The van der Waals surface area contributed by atoms with Gasteiger partial charge < -0.3 is 4.90 Å². The van der Waals surface area contributed by atoms with Gasteiger partial charge in [0.25, 0.3) is 0 Å². The maximum Gasteiger partial charge on any atom is 0.228 e. The number of aromatic amines is 1. The first-order valence-corrected chi connectivity index (χ1v) is 7.07. The number of benzene rings is 2. The quantitative estimate of drug-likeness (QED) is 0.731. The van der Waals surface area contributed by atoms with E-state index in [0.29, 0.717) is 6.42 Å². The second-order valence-corrected chi connectivity index (χ2v) is 5.43. The van der Waals surface area contributed by atoms with E-state index in [1.54, 1.807) is 0 Å². The van der Waals surface area contributed by atoms with Gasteiger partial charge in [0.2, 0.25) is 5.91 Å². The molecule has 21 heavy (non-hydrogen) atoms. The van der Waals surface area contributed by atoms with Gasteiger partial charge in [-0.25, -0.2) is 0 Å². The summed E-state index contributed by atoms with van der Waals surface area (Å²) in [6.07, 6.45) is 2.53. The van der Waals surface area contributed by atoms with Crippen molar-refractivity contribution in [1.29, 1.82) is 0 Å².